The fourth-order valence-corrected chi connectivity index (χ4v) is 2.58. The summed E-state index contributed by atoms with van der Waals surface area (Å²) in [5.74, 6) is 0.673. The molecule has 2 aromatic carbocycles. The van der Waals surface area contributed by atoms with Crippen molar-refractivity contribution >= 4 is 28.7 Å². The Morgan fingerprint density at radius 1 is 1.26 bits per heavy atom. The number of aromatic amines is 1. The molecule has 0 amide bonds. The number of nitriles is 1. The van der Waals surface area contributed by atoms with E-state index in [1.54, 1.807) is 25.1 Å². The van der Waals surface area contributed by atoms with E-state index in [-0.39, 0.29) is 6.61 Å². The summed E-state index contributed by atoms with van der Waals surface area (Å²) in [4.78, 5) is 19.0. The molecule has 0 aliphatic carbocycles. The molecule has 27 heavy (non-hydrogen) atoms. The molecule has 0 aliphatic heterocycles. The SMILES string of the molecule is CCOC(=O)COc1ccc(C=C(C#N)c2nc3ccc(C)cc3[nH]2)cc1. The maximum Gasteiger partial charge on any atom is 0.344 e. The number of imidazole rings is 1. The number of nitrogens with one attached hydrogen (secondary N) is 1. The fourth-order valence-electron chi connectivity index (χ4n) is 2.58. The molecule has 0 aliphatic rings. The maximum atomic E-state index is 11.3. The van der Waals surface area contributed by atoms with Gasteiger partial charge in [-0.2, -0.15) is 5.26 Å². The van der Waals surface area contributed by atoms with Crippen molar-refractivity contribution in [1.29, 1.82) is 5.26 Å². The first-order valence-electron chi connectivity index (χ1n) is 8.56. The molecule has 0 unspecified atom stereocenters. The molecular weight excluding hydrogens is 342 g/mol. The van der Waals surface area contributed by atoms with Gasteiger partial charge in [0.1, 0.15) is 17.6 Å². The van der Waals surface area contributed by atoms with Crippen LogP contribution in [0.5, 0.6) is 5.75 Å². The molecule has 0 saturated heterocycles. The van der Waals surface area contributed by atoms with E-state index in [4.69, 9.17) is 9.47 Å². The second-order valence-corrected chi connectivity index (χ2v) is 5.94. The molecule has 0 radical (unpaired) electrons. The van der Waals surface area contributed by atoms with Crippen LogP contribution >= 0.6 is 0 Å². The monoisotopic (exact) mass is 361 g/mol. The highest BCUT2D eigenvalue weighted by atomic mass is 16.6. The van der Waals surface area contributed by atoms with E-state index in [1.165, 1.54) is 0 Å². The third-order valence-electron chi connectivity index (χ3n) is 3.87. The Bertz CT molecular complexity index is 1030. The van der Waals surface area contributed by atoms with Crippen molar-refractivity contribution in [2.24, 2.45) is 0 Å². The van der Waals surface area contributed by atoms with Crippen LogP contribution < -0.4 is 4.74 Å². The number of carbonyl (C=O) groups excluding carboxylic acids is 1. The zero-order valence-corrected chi connectivity index (χ0v) is 15.2. The molecule has 0 spiro atoms. The van der Waals surface area contributed by atoms with Gasteiger partial charge >= 0.3 is 5.97 Å². The van der Waals surface area contributed by atoms with Gasteiger partial charge in [-0.1, -0.05) is 18.2 Å². The number of aryl methyl sites for hydroxylation is 1. The first-order chi connectivity index (χ1) is 13.1. The predicted octanol–water partition coefficient (Wildman–Crippen LogP) is 3.88. The number of nitrogens with zero attached hydrogens (tertiary/aromatic N) is 2. The number of hydrogen-bond acceptors (Lipinski definition) is 5. The summed E-state index contributed by atoms with van der Waals surface area (Å²) >= 11 is 0. The van der Waals surface area contributed by atoms with Crippen LogP contribution in [0, 0.1) is 18.3 Å². The van der Waals surface area contributed by atoms with Crippen molar-refractivity contribution in [3.63, 3.8) is 0 Å². The maximum absolute atomic E-state index is 11.3. The van der Waals surface area contributed by atoms with E-state index in [2.05, 4.69) is 16.0 Å². The van der Waals surface area contributed by atoms with Crippen molar-refractivity contribution in [2.45, 2.75) is 13.8 Å². The average Bonchev–Trinajstić information content (AvgIpc) is 3.08. The lowest BCUT2D eigenvalue weighted by Crippen LogP contribution is -2.14. The normalized spacial score (nSPS) is 11.2. The van der Waals surface area contributed by atoms with Gasteiger partial charge in [0, 0.05) is 0 Å². The summed E-state index contributed by atoms with van der Waals surface area (Å²) < 4.78 is 10.2. The van der Waals surface area contributed by atoms with Gasteiger partial charge < -0.3 is 14.5 Å². The number of fused-ring (bicyclic) bond motifs is 1. The minimum atomic E-state index is -0.409. The van der Waals surface area contributed by atoms with Crippen molar-refractivity contribution in [3.8, 4) is 11.8 Å². The van der Waals surface area contributed by atoms with E-state index in [1.807, 2.05) is 37.3 Å². The number of ether oxygens (including phenoxy) is 2. The van der Waals surface area contributed by atoms with Crippen LogP contribution in [-0.4, -0.2) is 29.2 Å². The first-order valence-corrected chi connectivity index (χ1v) is 8.56. The minimum absolute atomic E-state index is 0.134. The molecule has 136 valence electrons. The van der Waals surface area contributed by atoms with Crippen LogP contribution in [0.15, 0.2) is 42.5 Å². The van der Waals surface area contributed by atoms with Gasteiger partial charge in [-0.05, 0) is 55.3 Å². The number of rotatable bonds is 6. The highest BCUT2D eigenvalue weighted by Crippen LogP contribution is 2.21. The van der Waals surface area contributed by atoms with Gasteiger partial charge in [-0.15, -0.1) is 0 Å². The molecule has 0 saturated carbocycles. The van der Waals surface area contributed by atoms with E-state index >= 15 is 0 Å². The lowest BCUT2D eigenvalue weighted by Gasteiger charge is -2.05. The Morgan fingerprint density at radius 3 is 2.74 bits per heavy atom. The lowest BCUT2D eigenvalue weighted by atomic mass is 10.1. The zero-order valence-electron chi connectivity index (χ0n) is 15.2. The van der Waals surface area contributed by atoms with Crippen molar-refractivity contribution in [3.05, 3.63) is 59.4 Å². The molecule has 6 heteroatoms. The predicted molar refractivity (Wildman–Crippen MR) is 103 cm³/mol. The van der Waals surface area contributed by atoms with E-state index in [0.29, 0.717) is 23.8 Å². The molecule has 1 aromatic heterocycles. The van der Waals surface area contributed by atoms with Gasteiger partial charge in [0.25, 0.3) is 0 Å². The molecule has 1 heterocycles. The Balaban J connectivity index is 1.77. The highest BCUT2D eigenvalue weighted by molar-refractivity contribution is 5.90. The Hall–Kier alpha value is -3.59. The Kier molecular flexibility index (Phi) is 5.53. The average molecular weight is 361 g/mol. The minimum Gasteiger partial charge on any atom is -0.482 e. The molecule has 3 rings (SSSR count). The molecule has 1 N–H and O–H groups in total. The van der Waals surface area contributed by atoms with Crippen LogP contribution in [0.4, 0.5) is 0 Å². The van der Waals surface area contributed by atoms with Gasteiger partial charge in [0.05, 0.1) is 23.2 Å². The summed E-state index contributed by atoms with van der Waals surface area (Å²) in [5.41, 5.74) is 4.10. The zero-order chi connectivity index (χ0) is 19.2. The van der Waals surface area contributed by atoms with E-state index in [0.717, 1.165) is 22.2 Å². The first kappa shape index (κ1) is 18.2. The Labute approximate surface area is 157 Å². The van der Waals surface area contributed by atoms with Crippen LogP contribution in [-0.2, 0) is 9.53 Å². The molecule has 6 nitrogen and oxygen atoms in total. The molecular formula is C21H19N3O3. The molecule has 0 atom stereocenters. The number of esters is 1. The second kappa shape index (κ2) is 8.19. The molecule has 3 aromatic rings. The number of carbonyl (C=O) groups is 1. The summed E-state index contributed by atoms with van der Waals surface area (Å²) in [6.45, 7) is 3.94. The van der Waals surface area contributed by atoms with E-state index < -0.39 is 5.97 Å². The van der Waals surface area contributed by atoms with Gasteiger partial charge in [-0.25, -0.2) is 9.78 Å². The van der Waals surface area contributed by atoms with Gasteiger partial charge in [-0.3, -0.25) is 0 Å². The second-order valence-electron chi connectivity index (χ2n) is 5.94. The van der Waals surface area contributed by atoms with Crippen LogP contribution in [0.3, 0.4) is 0 Å². The van der Waals surface area contributed by atoms with E-state index in [9.17, 15) is 10.1 Å². The van der Waals surface area contributed by atoms with Crippen LogP contribution in [0.2, 0.25) is 0 Å². The standard InChI is InChI=1S/C21H19N3O3/c1-3-26-20(25)13-27-17-7-5-15(6-8-17)11-16(12-22)21-23-18-9-4-14(2)10-19(18)24-21/h4-11H,3,13H2,1-2H3,(H,23,24). The molecule has 0 fully saturated rings. The van der Waals surface area contributed by atoms with Gasteiger partial charge in [0.15, 0.2) is 6.61 Å². The Morgan fingerprint density at radius 2 is 2.04 bits per heavy atom. The number of benzene rings is 2. The third kappa shape index (κ3) is 4.53. The summed E-state index contributed by atoms with van der Waals surface area (Å²) in [7, 11) is 0. The number of hydrogen-bond donors (Lipinski definition) is 1. The third-order valence-corrected chi connectivity index (χ3v) is 3.87. The van der Waals surface area contributed by atoms with Crippen LogP contribution in [0.25, 0.3) is 22.7 Å². The van der Waals surface area contributed by atoms with Crippen LogP contribution in [0.1, 0.15) is 23.9 Å². The largest absolute Gasteiger partial charge is 0.482 e. The van der Waals surface area contributed by atoms with Crippen molar-refractivity contribution in [2.75, 3.05) is 13.2 Å². The highest BCUT2D eigenvalue weighted by Gasteiger charge is 2.08. The van der Waals surface area contributed by atoms with Gasteiger partial charge in [0.2, 0.25) is 0 Å². The fraction of sp³-hybridized carbons (Fsp3) is 0.190. The topological polar surface area (TPSA) is 88.0 Å². The number of aromatic nitrogens is 2. The summed E-state index contributed by atoms with van der Waals surface area (Å²) in [6, 6.07) is 15.2. The number of H-pyrrole nitrogens is 1. The van der Waals surface area contributed by atoms with Crippen molar-refractivity contribution < 1.29 is 14.3 Å². The smallest absolute Gasteiger partial charge is 0.344 e. The summed E-state index contributed by atoms with van der Waals surface area (Å²) in [5, 5.41) is 9.52. The lowest BCUT2D eigenvalue weighted by molar-refractivity contribution is -0.145. The quantitative estimate of drug-likeness (QED) is 0.532. The summed E-state index contributed by atoms with van der Waals surface area (Å²) in [6.07, 6.45) is 1.75. The number of allylic oxidation sites excluding steroid dienone is 1. The molecule has 0 bridgehead atoms. The van der Waals surface area contributed by atoms with Crippen molar-refractivity contribution in [1.82, 2.24) is 9.97 Å².